The number of hydrogen-bond donors (Lipinski definition) is 0. The Balaban J connectivity index is 0.894. The van der Waals surface area contributed by atoms with Crippen molar-refractivity contribution in [3.8, 4) is 22.5 Å². The van der Waals surface area contributed by atoms with Crippen molar-refractivity contribution in [3.05, 3.63) is 218 Å². The summed E-state index contributed by atoms with van der Waals surface area (Å²) in [5, 5.41) is 8.06. The van der Waals surface area contributed by atoms with Crippen LogP contribution in [0.3, 0.4) is 0 Å². The number of para-hydroxylation sites is 5. The van der Waals surface area contributed by atoms with E-state index in [1.54, 1.807) is 0 Å². The highest BCUT2D eigenvalue weighted by atomic mass is 16.3. The molecule has 0 amide bonds. The van der Waals surface area contributed by atoms with Crippen LogP contribution in [0.4, 0.5) is 17.1 Å². The first kappa shape index (κ1) is 36.9. The van der Waals surface area contributed by atoms with Gasteiger partial charge in [0.15, 0.2) is 0 Å². The lowest BCUT2D eigenvalue weighted by molar-refractivity contribution is 0.670. The molecule has 0 spiro atoms. The Hall–Kier alpha value is -8.54. The van der Waals surface area contributed by atoms with Crippen molar-refractivity contribution in [1.29, 1.82) is 0 Å². The molecule has 0 bridgehead atoms. The Morgan fingerprint density at radius 3 is 1.80 bits per heavy atom. The number of fused-ring (bicyclic) bond motifs is 14. The molecule has 0 saturated heterocycles. The van der Waals surface area contributed by atoms with Crippen molar-refractivity contribution in [2.45, 2.75) is 13.3 Å². The Morgan fingerprint density at radius 2 is 1.03 bits per heavy atom. The van der Waals surface area contributed by atoms with E-state index in [4.69, 9.17) is 8.83 Å². The summed E-state index contributed by atoms with van der Waals surface area (Å²) in [5.41, 5.74) is 17.4. The topological polar surface area (TPSA) is 39.4 Å². The van der Waals surface area contributed by atoms with Crippen LogP contribution in [-0.2, 0) is 6.42 Å². The maximum Gasteiger partial charge on any atom is 0.145 e. The monoisotopic (exact) mass is 847 g/mol. The highest BCUT2D eigenvalue weighted by Gasteiger charge is 2.26. The van der Waals surface area contributed by atoms with Crippen LogP contribution in [0.1, 0.15) is 18.2 Å². The van der Waals surface area contributed by atoms with E-state index in [0.717, 1.165) is 106 Å². The fourth-order valence-corrected chi connectivity index (χ4v) is 10.9. The van der Waals surface area contributed by atoms with Crippen molar-refractivity contribution < 1.29 is 8.83 Å². The average Bonchev–Trinajstić information content (AvgIpc) is 4.13. The number of nitrogens with zero attached hydrogens (tertiary/aromatic N) is 3. The predicted octanol–water partition coefficient (Wildman–Crippen LogP) is 16.9. The van der Waals surface area contributed by atoms with Gasteiger partial charge in [-0.2, -0.15) is 0 Å². The molecular weight excluding hydrogens is 807 g/mol. The molecule has 13 aromatic rings. The summed E-state index contributed by atoms with van der Waals surface area (Å²) in [5.74, 6) is 0.443. The van der Waals surface area contributed by atoms with Gasteiger partial charge in [0.1, 0.15) is 22.3 Å². The molecule has 5 heteroatoms. The fourth-order valence-electron chi connectivity index (χ4n) is 10.9. The molecule has 0 fully saturated rings. The average molecular weight is 848 g/mol. The van der Waals surface area contributed by atoms with Gasteiger partial charge in [-0.3, -0.25) is 0 Å². The molecular formula is C61H41N3O2. The zero-order valence-corrected chi connectivity index (χ0v) is 36.1. The highest BCUT2D eigenvalue weighted by molar-refractivity contribution is 6.26. The molecule has 0 saturated carbocycles. The Bertz CT molecular complexity index is 4070. The summed E-state index contributed by atoms with van der Waals surface area (Å²) < 4.78 is 18.5. The summed E-state index contributed by atoms with van der Waals surface area (Å²) in [4.78, 5) is 2.32. The van der Waals surface area contributed by atoms with Crippen LogP contribution >= 0.6 is 0 Å². The predicted molar refractivity (Wildman–Crippen MR) is 274 cm³/mol. The van der Waals surface area contributed by atoms with Crippen LogP contribution in [0.25, 0.3) is 105 Å². The van der Waals surface area contributed by atoms with Gasteiger partial charge in [-0.25, -0.2) is 0 Å². The largest absolute Gasteiger partial charge is 0.455 e. The maximum absolute atomic E-state index is 7.24. The van der Waals surface area contributed by atoms with Crippen LogP contribution in [0.5, 0.6) is 0 Å². The molecule has 14 rings (SSSR count). The third-order valence-electron chi connectivity index (χ3n) is 13.9. The minimum atomic E-state index is 0.443. The Labute approximate surface area is 380 Å². The molecule has 66 heavy (non-hydrogen) atoms. The zero-order valence-electron chi connectivity index (χ0n) is 36.1. The first-order valence-electron chi connectivity index (χ1n) is 22.8. The van der Waals surface area contributed by atoms with Gasteiger partial charge in [0.05, 0.1) is 21.9 Å². The van der Waals surface area contributed by atoms with Crippen LogP contribution in [0.15, 0.2) is 215 Å². The van der Waals surface area contributed by atoms with E-state index >= 15 is 0 Å². The first-order valence-corrected chi connectivity index (χ1v) is 22.8. The molecule has 5 nitrogen and oxygen atoms in total. The van der Waals surface area contributed by atoms with Crippen LogP contribution in [0.2, 0.25) is 0 Å². The van der Waals surface area contributed by atoms with Crippen molar-refractivity contribution in [2.75, 3.05) is 4.90 Å². The Morgan fingerprint density at radius 1 is 0.439 bits per heavy atom. The quantitative estimate of drug-likeness (QED) is 0.167. The lowest BCUT2D eigenvalue weighted by Gasteiger charge is -2.26. The van der Waals surface area contributed by atoms with Crippen molar-refractivity contribution in [3.63, 3.8) is 0 Å². The van der Waals surface area contributed by atoms with Gasteiger partial charge in [0.25, 0.3) is 0 Å². The van der Waals surface area contributed by atoms with Gasteiger partial charge in [0, 0.05) is 72.0 Å². The number of hydrogen-bond acceptors (Lipinski definition) is 3. The number of allylic oxidation sites excluding steroid dienone is 1. The summed E-state index contributed by atoms with van der Waals surface area (Å²) in [7, 11) is 0. The molecule has 1 atom stereocenters. The van der Waals surface area contributed by atoms with Gasteiger partial charge in [-0.05, 0) is 127 Å². The van der Waals surface area contributed by atoms with Crippen LogP contribution in [0, 0.1) is 5.92 Å². The molecule has 1 aliphatic rings. The highest BCUT2D eigenvalue weighted by Crippen LogP contribution is 2.46. The third kappa shape index (κ3) is 5.40. The molecule has 0 aliphatic heterocycles. The van der Waals surface area contributed by atoms with E-state index < -0.39 is 0 Å². The van der Waals surface area contributed by atoms with E-state index in [0.29, 0.717) is 5.92 Å². The smallest absolute Gasteiger partial charge is 0.145 e. The zero-order chi connectivity index (χ0) is 43.5. The molecule has 312 valence electrons. The van der Waals surface area contributed by atoms with Gasteiger partial charge in [-0.1, -0.05) is 116 Å². The lowest BCUT2D eigenvalue weighted by Crippen LogP contribution is -2.10. The van der Waals surface area contributed by atoms with Gasteiger partial charge in [0.2, 0.25) is 0 Å². The van der Waals surface area contributed by atoms with Crippen LogP contribution in [-0.4, -0.2) is 9.13 Å². The van der Waals surface area contributed by atoms with E-state index in [1.807, 2.05) is 12.1 Å². The second-order valence-electron chi connectivity index (χ2n) is 17.7. The van der Waals surface area contributed by atoms with Gasteiger partial charge in [-0.15, -0.1) is 0 Å². The molecule has 9 aromatic carbocycles. The van der Waals surface area contributed by atoms with Crippen molar-refractivity contribution >= 4 is 99.7 Å². The molecule has 1 aliphatic carbocycles. The number of aromatic nitrogens is 2. The lowest BCUT2D eigenvalue weighted by atomic mass is 9.92. The van der Waals surface area contributed by atoms with E-state index in [9.17, 15) is 0 Å². The number of benzene rings is 9. The van der Waals surface area contributed by atoms with E-state index in [1.165, 1.54) is 27.5 Å². The molecule has 4 heterocycles. The maximum atomic E-state index is 7.24. The van der Waals surface area contributed by atoms with Crippen molar-refractivity contribution in [1.82, 2.24) is 9.13 Å². The summed E-state index contributed by atoms with van der Waals surface area (Å²) in [6, 6.07) is 71.6. The Kier molecular flexibility index (Phi) is 7.96. The summed E-state index contributed by atoms with van der Waals surface area (Å²) in [6.07, 6.45) is 5.61. The third-order valence-corrected chi connectivity index (χ3v) is 13.9. The SMILES string of the molecule is CC1C=Cc2c(c3c4oc5c(ccc6c5c5ccccc5n6-c5ccc(N(c6ccccc6)c6ccc(-c7cccc8c7oc7ccccc78)cc6)cc5)c4ccc3n2-c2ccccc2)C1. The van der Waals surface area contributed by atoms with Gasteiger partial charge >= 0.3 is 0 Å². The summed E-state index contributed by atoms with van der Waals surface area (Å²) >= 11 is 0. The first-order chi connectivity index (χ1) is 32.7. The normalized spacial score (nSPS) is 13.9. The van der Waals surface area contributed by atoms with E-state index in [-0.39, 0.29) is 0 Å². The molecule has 1 unspecified atom stereocenters. The standard InChI is InChI=1S/C61H41N3O2/c1-38-23-34-53-51(37-38)58-55(63(53)41-15-6-3-7-16-41)36-33-49-48-32-35-54-57(60(48)66-61(49)58)50-18-8-10-21-52(50)64(54)44-30-28-43(29-31-44)62(40-13-4-2-5-14-40)42-26-24-39(25-27-42)45-19-12-20-47-46-17-9-11-22-56(46)65-59(45)47/h2-36,38H,37H2,1H3. The number of anilines is 3. The minimum Gasteiger partial charge on any atom is -0.455 e. The van der Waals surface area contributed by atoms with Crippen molar-refractivity contribution in [2.24, 2.45) is 5.92 Å². The van der Waals surface area contributed by atoms with Gasteiger partial charge < -0.3 is 22.9 Å². The number of rotatable bonds is 6. The fraction of sp³-hybridized carbons (Fsp3) is 0.0492. The summed E-state index contributed by atoms with van der Waals surface area (Å²) in [6.45, 7) is 2.30. The second kappa shape index (κ2) is 14.2. The van der Waals surface area contributed by atoms with E-state index in [2.05, 4.69) is 221 Å². The second-order valence-corrected chi connectivity index (χ2v) is 17.7. The number of furan rings is 2. The minimum absolute atomic E-state index is 0.443. The molecule has 4 aromatic heterocycles. The molecule has 0 N–H and O–H groups in total. The molecule has 0 radical (unpaired) electrons. The van der Waals surface area contributed by atoms with Crippen LogP contribution < -0.4 is 4.90 Å².